The van der Waals surface area contributed by atoms with Crippen LogP contribution in [0.15, 0.2) is 194 Å². The maximum absolute atomic E-state index is 5.09. The second-order valence-corrected chi connectivity index (χ2v) is 15.5. The molecule has 1 spiro atoms. The first-order valence-electron chi connectivity index (χ1n) is 19.9. The van der Waals surface area contributed by atoms with E-state index in [2.05, 4.69) is 162 Å². The number of nitrogens with zero attached hydrogens (tertiary/aromatic N) is 4. The molecule has 2 aromatic heterocycles. The first-order chi connectivity index (χ1) is 28.8. The maximum Gasteiger partial charge on any atom is 0.164 e. The predicted octanol–water partition coefficient (Wildman–Crippen LogP) is 13.0. The summed E-state index contributed by atoms with van der Waals surface area (Å²) in [7, 11) is 0. The van der Waals surface area contributed by atoms with Gasteiger partial charge in [0.05, 0.1) is 16.4 Å². The van der Waals surface area contributed by atoms with E-state index in [1.165, 1.54) is 65.7 Å². The molecule has 0 radical (unpaired) electrons. The number of rotatable bonds is 4. The summed E-state index contributed by atoms with van der Waals surface area (Å²) in [5, 5.41) is 7.73. The van der Waals surface area contributed by atoms with E-state index in [1.807, 2.05) is 36.4 Å². The van der Waals surface area contributed by atoms with Crippen molar-refractivity contribution in [3.63, 3.8) is 0 Å². The molecule has 13 rings (SSSR count). The van der Waals surface area contributed by atoms with Crippen molar-refractivity contribution in [2.75, 3.05) is 0 Å². The fourth-order valence-electron chi connectivity index (χ4n) is 10.2. The molecular formula is C54H32N4. The Balaban J connectivity index is 1.05. The molecule has 0 saturated carbocycles. The summed E-state index contributed by atoms with van der Waals surface area (Å²) in [6, 6.07) is 70.2. The van der Waals surface area contributed by atoms with Gasteiger partial charge < -0.3 is 4.57 Å². The molecule has 0 saturated heterocycles. The minimum atomic E-state index is -0.396. The Morgan fingerprint density at radius 2 is 0.897 bits per heavy atom. The molecule has 0 bridgehead atoms. The summed E-state index contributed by atoms with van der Waals surface area (Å²) in [6.07, 6.45) is 0. The van der Waals surface area contributed by atoms with Crippen LogP contribution in [0, 0.1) is 0 Å². The Labute approximate surface area is 334 Å². The van der Waals surface area contributed by atoms with Gasteiger partial charge in [0.2, 0.25) is 0 Å². The Kier molecular flexibility index (Phi) is 6.34. The fourth-order valence-corrected chi connectivity index (χ4v) is 10.2. The van der Waals surface area contributed by atoms with Crippen molar-refractivity contribution >= 4 is 43.4 Å². The van der Waals surface area contributed by atoms with Gasteiger partial charge in [-0.3, -0.25) is 0 Å². The van der Waals surface area contributed by atoms with Crippen molar-refractivity contribution < 1.29 is 0 Å². The standard InChI is InChI=1S/C54H32N4/c1-3-13-35(14-4-1)51-55-52(36-15-5-2-6-16-36)57-53(56-51)37-27-29-41-40-20-8-10-24-47(40)58(48(41)31-37)38-28-30-44-42(32-38)39-19-7-9-21-43(39)54(44)45-22-11-17-33-25-26-34-18-12-23-46(54)50(34)49(33)45/h1-32H. The topological polar surface area (TPSA) is 43.6 Å². The highest BCUT2D eigenvalue weighted by Crippen LogP contribution is 2.62. The van der Waals surface area contributed by atoms with Crippen LogP contribution in [0.25, 0.3) is 94.3 Å². The van der Waals surface area contributed by atoms with Gasteiger partial charge >= 0.3 is 0 Å². The van der Waals surface area contributed by atoms with E-state index in [-0.39, 0.29) is 0 Å². The number of benzene rings is 9. The van der Waals surface area contributed by atoms with Crippen LogP contribution in [-0.2, 0) is 5.41 Å². The third-order valence-corrected chi connectivity index (χ3v) is 12.6. The summed E-state index contributed by atoms with van der Waals surface area (Å²) < 4.78 is 2.42. The molecule has 2 heterocycles. The van der Waals surface area contributed by atoms with Crippen molar-refractivity contribution in [3.05, 3.63) is 216 Å². The molecule has 0 unspecified atom stereocenters. The number of hydrogen-bond donors (Lipinski definition) is 0. The van der Waals surface area contributed by atoms with Crippen LogP contribution in [0.3, 0.4) is 0 Å². The lowest BCUT2D eigenvalue weighted by Gasteiger charge is -2.31. The minimum Gasteiger partial charge on any atom is -0.309 e. The Hall–Kier alpha value is -7.69. The predicted molar refractivity (Wildman–Crippen MR) is 236 cm³/mol. The van der Waals surface area contributed by atoms with E-state index in [1.54, 1.807) is 0 Å². The second-order valence-electron chi connectivity index (χ2n) is 15.5. The highest BCUT2D eigenvalue weighted by atomic mass is 15.0. The monoisotopic (exact) mass is 736 g/mol. The van der Waals surface area contributed by atoms with Gasteiger partial charge in [0.25, 0.3) is 0 Å². The first-order valence-corrected chi connectivity index (χ1v) is 19.9. The molecule has 2 aliphatic rings. The molecule has 4 nitrogen and oxygen atoms in total. The molecule has 4 heteroatoms. The zero-order valence-corrected chi connectivity index (χ0v) is 31.3. The molecule has 0 N–H and O–H groups in total. The molecule has 0 fully saturated rings. The third-order valence-electron chi connectivity index (χ3n) is 12.6. The van der Waals surface area contributed by atoms with E-state index in [0.29, 0.717) is 17.5 Å². The summed E-state index contributed by atoms with van der Waals surface area (Å²) in [6.45, 7) is 0. The van der Waals surface area contributed by atoms with Gasteiger partial charge in [0, 0.05) is 33.2 Å². The smallest absolute Gasteiger partial charge is 0.164 e. The summed E-state index contributed by atoms with van der Waals surface area (Å²) in [5.41, 5.74) is 13.8. The van der Waals surface area contributed by atoms with E-state index in [9.17, 15) is 0 Å². The summed E-state index contributed by atoms with van der Waals surface area (Å²) in [4.78, 5) is 15.1. The number of para-hydroxylation sites is 1. The van der Waals surface area contributed by atoms with E-state index >= 15 is 0 Å². The summed E-state index contributed by atoms with van der Waals surface area (Å²) in [5.74, 6) is 1.94. The van der Waals surface area contributed by atoms with Gasteiger partial charge in [0.15, 0.2) is 17.5 Å². The molecule has 2 aliphatic carbocycles. The van der Waals surface area contributed by atoms with Gasteiger partial charge in [-0.25, -0.2) is 15.0 Å². The maximum atomic E-state index is 5.09. The van der Waals surface area contributed by atoms with Gasteiger partial charge in [-0.15, -0.1) is 0 Å². The van der Waals surface area contributed by atoms with Gasteiger partial charge in [-0.2, -0.15) is 0 Å². The lowest BCUT2D eigenvalue weighted by molar-refractivity contribution is 0.796. The zero-order valence-electron chi connectivity index (χ0n) is 31.3. The zero-order chi connectivity index (χ0) is 38.0. The quantitative estimate of drug-likeness (QED) is 0.169. The largest absolute Gasteiger partial charge is 0.309 e. The first kappa shape index (κ1) is 31.5. The SMILES string of the molecule is c1ccc(-c2nc(-c3ccccc3)nc(-c3ccc4c5ccccc5n(-c5ccc6c(c5)-c5ccccc5C65c6cccc7ccc8cccc5c8c67)c4c3)n2)cc1. The molecule has 9 aromatic carbocycles. The summed E-state index contributed by atoms with van der Waals surface area (Å²) >= 11 is 0. The number of fused-ring (bicyclic) bond motifs is 10. The van der Waals surface area contributed by atoms with Crippen molar-refractivity contribution in [2.45, 2.75) is 5.41 Å². The van der Waals surface area contributed by atoms with Crippen molar-refractivity contribution in [1.82, 2.24) is 19.5 Å². The fraction of sp³-hybridized carbons (Fsp3) is 0.0185. The van der Waals surface area contributed by atoms with Crippen LogP contribution in [0.2, 0.25) is 0 Å². The molecule has 0 atom stereocenters. The minimum absolute atomic E-state index is 0.396. The van der Waals surface area contributed by atoms with E-state index < -0.39 is 5.41 Å². The van der Waals surface area contributed by atoms with E-state index in [0.717, 1.165) is 33.4 Å². The van der Waals surface area contributed by atoms with Crippen LogP contribution < -0.4 is 0 Å². The van der Waals surface area contributed by atoms with Crippen LogP contribution in [0.4, 0.5) is 0 Å². The molecule has 58 heavy (non-hydrogen) atoms. The Morgan fingerprint density at radius 1 is 0.345 bits per heavy atom. The highest BCUT2D eigenvalue weighted by molar-refractivity contribution is 6.17. The average Bonchev–Trinajstić information content (AvgIpc) is 3.90. The lowest BCUT2D eigenvalue weighted by Crippen LogP contribution is -2.26. The number of hydrogen-bond acceptors (Lipinski definition) is 3. The average molecular weight is 737 g/mol. The third kappa shape index (κ3) is 4.16. The van der Waals surface area contributed by atoms with Crippen molar-refractivity contribution in [2.24, 2.45) is 0 Å². The molecule has 268 valence electrons. The highest BCUT2D eigenvalue weighted by Gasteiger charge is 2.50. The second kappa shape index (κ2) is 11.7. The van der Waals surface area contributed by atoms with Crippen LogP contribution in [0.5, 0.6) is 0 Å². The van der Waals surface area contributed by atoms with E-state index in [4.69, 9.17) is 15.0 Å². The lowest BCUT2D eigenvalue weighted by atomic mass is 9.70. The van der Waals surface area contributed by atoms with Gasteiger partial charge in [0.1, 0.15) is 0 Å². The number of aromatic nitrogens is 4. The van der Waals surface area contributed by atoms with Crippen LogP contribution in [-0.4, -0.2) is 19.5 Å². The normalized spacial score (nSPS) is 13.3. The van der Waals surface area contributed by atoms with Crippen LogP contribution >= 0.6 is 0 Å². The van der Waals surface area contributed by atoms with Crippen molar-refractivity contribution in [3.8, 4) is 51.0 Å². The molecule has 0 aliphatic heterocycles. The Morgan fingerprint density at radius 3 is 1.59 bits per heavy atom. The molecule has 11 aromatic rings. The van der Waals surface area contributed by atoms with Crippen LogP contribution in [0.1, 0.15) is 22.3 Å². The van der Waals surface area contributed by atoms with Gasteiger partial charge in [-0.05, 0) is 79.2 Å². The Bertz CT molecular complexity index is 3390. The molecular weight excluding hydrogens is 705 g/mol. The molecule has 0 amide bonds. The van der Waals surface area contributed by atoms with Crippen molar-refractivity contribution in [1.29, 1.82) is 0 Å². The van der Waals surface area contributed by atoms with Gasteiger partial charge in [-0.1, -0.05) is 170 Å².